The van der Waals surface area contributed by atoms with E-state index in [1.807, 2.05) is 6.92 Å². The van der Waals surface area contributed by atoms with Crippen LogP contribution in [0.1, 0.15) is 93.4 Å². The number of aromatic amines is 1. The lowest BCUT2D eigenvalue weighted by molar-refractivity contribution is -0.123. The number of carbonyl (C=O) groups is 5. The van der Waals surface area contributed by atoms with Gasteiger partial charge in [-0.2, -0.15) is 13.9 Å². The van der Waals surface area contributed by atoms with Crippen LogP contribution in [-0.2, 0) is 14.3 Å². The zero-order valence-electron chi connectivity index (χ0n) is 32.6. The lowest BCUT2D eigenvalue weighted by atomic mass is 10.0. The Kier molecular flexibility index (Phi) is 21.6. The number of halogens is 3. The fourth-order valence-corrected chi connectivity index (χ4v) is 4.81. The molecule has 0 aromatic carbocycles. The molecule has 17 nitrogen and oxygen atoms in total. The Morgan fingerprint density at radius 1 is 0.845 bits per heavy atom. The summed E-state index contributed by atoms with van der Waals surface area (Å²) in [6.07, 6.45) is 9.11. The van der Waals surface area contributed by atoms with Crippen LogP contribution in [0.15, 0.2) is 75.2 Å². The summed E-state index contributed by atoms with van der Waals surface area (Å²) in [6, 6.07) is 6.66. The van der Waals surface area contributed by atoms with Gasteiger partial charge in [-0.1, -0.05) is 26.2 Å². The van der Waals surface area contributed by atoms with Crippen molar-refractivity contribution in [1.82, 2.24) is 36.2 Å². The quantitative estimate of drug-likeness (QED) is 0.0532. The Morgan fingerprint density at radius 2 is 1.43 bits per heavy atom. The van der Waals surface area contributed by atoms with Gasteiger partial charge in [-0.25, -0.2) is 14.8 Å². The molecule has 0 saturated carbocycles. The lowest BCUT2D eigenvalue weighted by Crippen LogP contribution is -2.43. The third-order valence-corrected chi connectivity index (χ3v) is 7.70. The number of Topliss-reactive ketones (excluding diaryl/α,β-unsaturated/α-hetero) is 2. The number of ether oxygens (including phenoxy) is 2. The van der Waals surface area contributed by atoms with E-state index >= 15 is 0 Å². The third kappa shape index (κ3) is 19.2. The lowest BCUT2D eigenvalue weighted by Gasteiger charge is -2.20. The van der Waals surface area contributed by atoms with Crippen molar-refractivity contribution in [2.45, 2.75) is 90.3 Å². The third-order valence-electron chi connectivity index (χ3n) is 7.43. The minimum atomic E-state index is -0.909. The molecule has 4 N–H and O–H groups in total. The summed E-state index contributed by atoms with van der Waals surface area (Å²) in [5, 5.41) is 13.3. The van der Waals surface area contributed by atoms with Crippen LogP contribution in [0.5, 0.6) is 5.88 Å². The van der Waals surface area contributed by atoms with Crippen LogP contribution in [0.25, 0.3) is 0 Å². The normalized spacial score (nSPS) is 11.6. The molecule has 3 amide bonds. The molecular formula is C38H48ClF2N7O10. The van der Waals surface area contributed by atoms with Gasteiger partial charge in [0.05, 0.1) is 29.1 Å². The molecule has 0 unspecified atom stereocenters. The molecule has 20 heteroatoms. The Bertz CT molecular complexity index is 1900. The fourth-order valence-electron chi connectivity index (χ4n) is 4.62. The number of amides is 3. The van der Waals surface area contributed by atoms with Gasteiger partial charge in [0, 0.05) is 31.1 Å². The van der Waals surface area contributed by atoms with Crippen LogP contribution in [0.3, 0.4) is 0 Å². The molecule has 0 aliphatic rings. The van der Waals surface area contributed by atoms with Crippen molar-refractivity contribution in [3.05, 3.63) is 94.7 Å². The summed E-state index contributed by atoms with van der Waals surface area (Å²) >= 11 is 5.59. The minimum absolute atomic E-state index is 0.185. The van der Waals surface area contributed by atoms with Crippen molar-refractivity contribution >= 4 is 41.1 Å². The first-order chi connectivity index (χ1) is 27.6. The number of aromatic nitrogens is 4. The number of alkyl carbamates (subject to hydrolysis) is 1. The number of nitrogens with one attached hydrogen (secondary N) is 4. The van der Waals surface area contributed by atoms with Crippen molar-refractivity contribution in [2.75, 3.05) is 19.0 Å². The van der Waals surface area contributed by atoms with Gasteiger partial charge in [0.25, 0.3) is 23.3 Å². The molecule has 0 aliphatic carbocycles. The number of rotatable bonds is 19. The average molecular weight is 836 g/mol. The first-order valence-electron chi connectivity index (χ1n) is 18.2. The van der Waals surface area contributed by atoms with E-state index in [0.717, 1.165) is 19.3 Å². The van der Waals surface area contributed by atoms with Crippen molar-refractivity contribution < 1.29 is 51.3 Å². The van der Waals surface area contributed by atoms with Crippen LogP contribution in [0.4, 0.5) is 13.6 Å². The molecule has 2 atom stereocenters. The van der Waals surface area contributed by atoms with Crippen molar-refractivity contribution in [2.24, 2.45) is 0 Å². The highest BCUT2D eigenvalue weighted by atomic mass is 35.5. The van der Waals surface area contributed by atoms with E-state index in [-0.39, 0.29) is 46.6 Å². The Hall–Kier alpha value is -5.98. The zero-order chi connectivity index (χ0) is 42.9. The number of pyridine rings is 2. The largest absolute Gasteiger partial charge is 0.467 e. The highest BCUT2D eigenvalue weighted by Crippen LogP contribution is 2.12. The maximum atomic E-state index is 13.6. The van der Waals surface area contributed by atoms with E-state index in [1.54, 1.807) is 20.8 Å². The number of alkyl halides is 1. The van der Waals surface area contributed by atoms with E-state index in [9.17, 15) is 37.5 Å². The fraction of sp³-hybridized carbons (Fsp3) is 0.447. The summed E-state index contributed by atoms with van der Waals surface area (Å²) in [5.41, 5.74) is -1.21. The van der Waals surface area contributed by atoms with Crippen LogP contribution in [-0.4, -0.2) is 86.5 Å². The molecule has 0 radical (unpaired) electrons. The van der Waals surface area contributed by atoms with Crippen LogP contribution < -0.4 is 26.2 Å². The van der Waals surface area contributed by atoms with Gasteiger partial charge >= 0.3 is 6.09 Å². The summed E-state index contributed by atoms with van der Waals surface area (Å²) in [5.74, 6) is -3.96. The Morgan fingerprint density at radius 3 is 1.88 bits per heavy atom. The van der Waals surface area contributed by atoms with E-state index in [1.165, 1.54) is 61.3 Å². The van der Waals surface area contributed by atoms with E-state index in [2.05, 4.69) is 45.3 Å². The number of nitrogens with zero attached hydrogens (tertiary/aromatic N) is 3. The van der Waals surface area contributed by atoms with Gasteiger partial charge in [-0.05, 0) is 75.9 Å². The van der Waals surface area contributed by atoms with Gasteiger partial charge in [0.15, 0.2) is 18.2 Å². The molecular weight excluding hydrogens is 788 g/mol. The number of H-pyrrole nitrogens is 1. The molecule has 58 heavy (non-hydrogen) atoms. The summed E-state index contributed by atoms with van der Waals surface area (Å²) < 4.78 is 46.4. The molecule has 0 bridgehead atoms. The van der Waals surface area contributed by atoms with E-state index < -0.39 is 47.5 Å². The van der Waals surface area contributed by atoms with Gasteiger partial charge in [0.2, 0.25) is 11.9 Å². The van der Waals surface area contributed by atoms with E-state index in [4.69, 9.17) is 21.1 Å². The predicted molar refractivity (Wildman–Crippen MR) is 205 cm³/mol. The van der Waals surface area contributed by atoms with Crippen molar-refractivity contribution in [3.8, 4) is 5.88 Å². The molecule has 0 aliphatic heterocycles. The number of carbonyl (C=O) groups excluding carboxylic acids is 5. The van der Waals surface area contributed by atoms with Gasteiger partial charge in [-0.3, -0.25) is 24.0 Å². The highest BCUT2D eigenvalue weighted by Gasteiger charge is 2.24. The molecule has 4 heterocycles. The van der Waals surface area contributed by atoms with Gasteiger partial charge < -0.3 is 34.5 Å². The van der Waals surface area contributed by atoms with E-state index in [0.29, 0.717) is 32.2 Å². The summed E-state index contributed by atoms with van der Waals surface area (Å²) in [7, 11) is 0. The number of hydrogen-bond donors (Lipinski definition) is 4. The smallest absolute Gasteiger partial charge is 0.407 e. The summed E-state index contributed by atoms with van der Waals surface area (Å²) in [6.45, 7) is 7.43. The van der Waals surface area contributed by atoms with Crippen LogP contribution >= 0.6 is 11.6 Å². The second kappa shape index (κ2) is 26.0. The molecule has 0 spiro atoms. The minimum Gasteiger partial charge on any atom is -0.467 e. The monoisotopic (exact) mass is 835 g/mol. The zero-order valence-corrected chi connectivity index (χ0v) is 33.3. The first-order valence-corrected chi connectivity index (χ1v) is 18.7. The number of hydrogen-bond acceptors (Lipinski definition) is 13. The molecule has 4 aromatic rings. The second-order valence-corrected chi connectivity index (χ2v) is 13.5. The Labute approximate surface area is 337 Å². The molecule has 316 valence electrons. The SMILES string of the molecule is CC(C)(C)OC(=O)NCCCC[C@H](NC(=O)c1cccnc1F)C(=O)CCl.CCCCC[C@H](NC(=O)c1cccnc1F)C(=O)COc1ccon1.O=c1cco[nH]1. The topological polar surface area (TPSA) is 238 Å². The molecule has 0 saturated heterocycles. The first kappa shape index (κ1) is 48.2. The maximum absolute atomic E-state index is 13.6. The highest BCUT2D eigenvalue weighted by molar-refractivity contribution is 6.28. The van der Waals surface area contributed by atoms with Crippen molar-refractivity contribution in [3.63, 3.8) is 0 Å². The van der Waals surface area contributed by atoms with Crippen LogP contribution in [0, 0.1) is 11.9 Å². The average Bonchev–Trinajstić information content (AvgIpc) is 3.90. The summed E-state index contributed by atoms with van der Waals surface area (Å²) in [4.78, 5) is 77.0. The number of unbranched alkanes of at least 4 members (excludes halogenated alkanes) is 3. The van der Waals surface area contributed by atoms with Gasteiger partial charge in [-0.15, -0.1) is 11.6 Å². The number of ketones is 2. The van der Waals surface area contributed by atoms with Gasteiger partial charge in [0.1, 0.15) is 18.1 Å². The molecule has 0 fully saturated rings. The Balaban J connectivity index is 0.000000349. The van der Waals surface area contributed by atoms with Crippen molar-refractivity contribution in [1.29, 1.82) is 0 Å². The molecule has 4 rings (SSSR count). The maximum Gasteiger partial charge on any atom is 0.407 e. The standard InChI is InChI=1S/C18H25ClFN3O4.C17H20FN3O4.C3H3NO2/c1-18(2,3)27-17(26)22-9-5-4-8-13(14(24)11-19)23-16(25)12-7-6-10-21-15(12)20;1-2-3-4-7-13(14(22)11-24-15-8-10-25-21-15)20-17(23)12-6-5-9-19-16(12)18;5-3-1-2-6-4-3/h6-7,10,13H,4-5,8-9,11H2,1-3H3,(H,22,26)(H,23,25);5-6,8-10,13H,2-4,7,11H2,1H3,(H,20,23);1-2H,(H,4,5)/t2*13-;/m00./s1. The predicted octanol–water partition coefficient (Wildman–Crippen LogP) is 5.33. The second-order valence-electron chi connectivity index (χ2n) is 13.2. The van der Waals surface area contributed by atoms with Crippen LogP contribution in [0.2, 0.25) is 0 Å². The molecule has 4 aromatic heterocycles.